The van der Waals surface area contributed by atoms with E-state index in [0.717, 1.165) is 4.47 Å². The fourth-order valence-corrected chi connectivity index (χ4v) is 3.06. The molecule has 1 amide bonds. The Morgan fingerprint density at radius 1 is 0.931 bits per heavy atom. The Bertz CT molecular complexity index is 1040. The van der Waals surface area contributed by atoms with Crippen LogP contribution >= 0.6 is 15.9 Å². The summed E-state index contributed by atoms with van der Waals surface area (Å²) >= 11 is 3.36. The zero-order valence-corrected chi connectivity index (χ0v) is 17.1. The molecule has 0 aliphatic heterocycles. The summed E-state index contributed by atoms with van der Waals surface area (Å²) in [7, 11) is 0. The molecule has 4 nitrogen and oxygen atoms in total. The zero-order valence-electron chi connectivity index (χ0n) is 15.5. The van der Waals surface area contributed by atoms with Crippen LogP contribution in [-0.2, 0) is 4.79 Å². The summed E-state index contributed by atoms with van der Waals surface area (Å²) in [6.07, 6.45) is 5.49. The van der Waals surface area contributed by atoms with E-state index < -0.39 is 0 Å². The third-order valence-electron chi connectivity index (χ3n) is 4.20. The molecule has 3 aromatic rings. The number of anilines is 1. The van der Waals surface area contributed by atoms with Crippen molar-refractivity contribution in [3.63, 3.8) is 0 Å². The molecule has 0 aliphatic rings. The topological polar surface area (TPSA) is 46.6 Å². The Morgan fingerprint density at radius 3 is 2.28 bits per heavy atom. The number of ether oxygens (including phenoxy) is 1. The molecule has 0 saturated carbocycles. The highest BCUT2D eigenvalue weighted by molar-refractivity contribution is 9.10. The van der Waals surface area contributed by atoms with Gasteiger partial charge in [-0.25, -0.2) is 0 Å². The van der Waals surface area contributed by atoms with E-state index in [1.54, 1.807) is 60.7 Å². The smallest absolute Gasteiger partial charge is 0.265 e. The molecule has 3 aromatic carbocycles. The molecule has 0 unspecified atom stereocenters. The van der Waals surface area contributed by atoms with E-state index >= 15 is 0 Å². The number of ketones is 1. The molecule has 0 bridgehead atoms. The van der Waals surface area contributed by atoms with Crippen LogP contribution < -0.4 is 9.64 Å². The second-order valence-corrected chi connectivity index (χ2v) is 7.05. The van der Waals surface area contributed by atoms with Crippen molar-refractivity contribution < 1.29 is 14.3 Å². The van der Waals surface area contributed by atoms with Crippen molar-refractivity contribution in [1.29, 1.82) is 0 Å². The van der Waals surface area contributed by atoms with Crippen molar-refractivity contribution in [2.24, 2.45) is 0 Å². The normalized spacial score (nSPS) is 10.1. The monoisotopic (exact) mass is 447 g/mol. The number of terminal acetylenes is 1. The van der Waals surface area contributed by atoms with Crippen molar-refractivity contribution in [2.45, 2.75) is 0 Å². The second-order valence-electron chi connectivity index (χ2n) is 6.14. The highest BCUT2D eigenvalue weighted by Crippen LogP contribution is 2.24. The molecule has 0 N–H and O–H groups in total. The first-order valence-corrected chi connectivity index (χ1v) is 9.70. The lowest BCUT2D eigenvalue weighted by molar-refractivity contribution is -0.120. The van der Waals surface area contributed by atoms with Gasteiger partial charge < -0.3 is 4.74 Å². The standard InChI is InChI=1S/C24H18BrNO3/c1-2-16-26(23(27)17-29-20-14-12-19(25)13-15-20)22-11-7-6-10-21(22)24(28)18-8-4-3-5-9-18/h1,3-15H,16-17H2. The van der Waals surface area contributed by atoms with Crippen LogP contribution in [-0.4, -0.2) is 24.8 Å². The average molecular weight is 448 g/mol. The first-order valence-electron chi connectivity index (χ1n) is 8.91. The highest BCUT2D eigenvalue weighted by Gasteiger charge is 2.22. The van der Waals surface area contributed by atoms with E-state index in [1.165, 1.54) is 4.90 Å². The predicted octanol–water partition coefficient (Wildman–Crippen LogP) is 4.73. The number of rotatable bonds is 7. The Morgan fingerprint density at radius 2 is 1.59 bits per heavy atom. The van der Waals surface area contributed by atoms with E-state index in [4.69, 9.17) is 11.2 Å². The molecule has 0 atom stereocenters. The molecule has 29 heavy (non-hydrogen) atoms. The van der Waals surface area contributed by atoms with Gasteiger partial charge in [0.1, 0.15) is 5.75 Å². The van der Waals surface area contributed by atoms with Gasteiger partial charge in [0.15, 0.2) is 12.4 Å². The second kappa shape index (κ2) is 9.72. The van der Waals surface area contributed by atoms with Gasteiger partial charge in [-0.05, 0) is 36.4 Å². The summed E-state index contributed by atoms with van der Waals surface area (Å²) in [6.45, 7) is -0.168. The molecule has 0 spiro atoms. The van der Waals surface area contributed by atoms with Gasteiger partial charge in [0.25, 0.3) is 5.91 Å². The first-order chi connectivity index (χ1) is 14.1. The summed E-state index contributed by atoms with van der Waals surface area (Å²) in [6, 6.07) is 23.0. The van der Waals surface area contributed by atoms with E-state index in [-0.39, 0.29) is 24.8 Å². The Kier molecular flexibility index (Phi) is 6.83. The molecular formula is C24H18BrNO3. The lowest BCUT2D eigenvalue weighted by Crippen LogP contribution is -2.36. The molecule has 0 heterocycles. The molecule has 3 rings (SSSR count). The molecule has 0 aromatic heterocycles. The number of amides is 1. The number of para-hydroxylation sites is 1. The van der Waals surface area contributed by atoms with E-state index in [1.807, 2.05) is 18.2 Å². The molecule has 144 valence electrons. The maximum Gasteiger partial charge on any atom is 0.265 e. The fraction of sp³-hybridized carbons (Fsp3) is 0.0833. The highest BCUT2D eigenvalue weighted by atomic mass is 79.9. The molecule has 0 aliphatic carbocycles. The van der Waals surface area contributed by atoms with Crippen molar-refractivity contribution >= 4 is 33.3 Å². The first kappa shape index (κ1) is 20.4. The maximum absolute atomic E-state index is 13.0. The SMILES string of the molecule is C#CCN(C(=O)COc1ccc(Br)cc1)c1ccccc1C(=O)c1ccccc1. The van der Waals surface area contributed by atoms with Crippen LogP contribution in [0.1, 0.15) is 15.9 Å². The van der Waals surface area contributed by atoms with E-state index in [9.17, 15) is 9.59 Å². The van der Waals surface area contributed by atoms with Gasteiger partial charge >= 0.3 is 0 Å². The summed E-state index contributed by atoms with van der Waals surface area (Å²) in [5.74, 6) is 2.55. The minimum atomic E-state index is -0.334. The molecule has 0 saturated heterocycles. The maximum atomic E-state index is 13.0. The summed E-state index contributed by atoms with van der Waals surface area (Å²) < 4.78 is 6.51. The van der Waals surface area contributed by atoms with Crippen LogP contribution in [0.5, 0.6) is 5.75 Å². The number of halogens is 1. The summed E-state index contributed by atoms with van der Waals surface area (Å²) in [5, 5.41) is 0. The van der Waals surface area contributed by atoms with Crippen LogP contribution in [0.4, 0.5) is 5.69 Å². The Hall–Kier alpha value is -3.36. The van der Waals surface area contributed by atoms with Gasteiger partial charge in [0.05, 0.1) is 12.2 Å². The van der Waals surface area contributed by atoms with Crippen LogP contribution in [0.3, 0.4) is 0 Å². The average Bonchev–Trinajstić information content (AvgIpc) is 2.77. The van der Waals surface area contributed by atoms with Crippen LogP contribution in [0.2, 0.25) is 0 Å². The number of carbonyl (C=O) groups is 2. The van der Waals surface area contributed by atoms with E-state index in [0.29, 0.717) is 22.6 Å². The van der Waals surface area contributed by atoms with Crippen molar-refractivity contribution in [3.05, 3.63) is 94.5 Å². The molecular weight excluding hydrogens is 430 g/mol. The third kappa shape index (κ3) is 5.13. The van der Waals surface area contributed by atoms with Gasteiger partial charge in [-0.1, -0.05) is 64.3 Å². The van der Waals surface area contributed by atoms with Gasteiger partial charge in [0.2, 0.25) is 0 Å². The number of nitrogens with zero attached hydrogens (tertiary/aromatic N) is 1. The van der Waals surface area contributed by atoms with Crippen LogP contribution in [0.15, 0.2) is 83.3 Å². The summed E-state index contributed by atoms with van der Waals surface area (Å²) in [4.78, 5) is 27.3. The zero-order chi connectivity index (χ0) is 20.6. The van der Waals surface area contributed by atoms with Crippen molar-refractivity contribution in [2.75, 3.05) is 18.1 Å². The molecule has 0 radical (unpaired) electrons. The Balaban J connectivity index is 1.85. The van der Waals surface area contributed by atoms with E-state index in [2.05, 4.69) is 21.9 Å². The predicted molar refractivity (Wildman–Crippen MR) is 117 cm³/mol. The number of benzene rings is 3. The van der Waals surface area contributed by atoms with Crippen LogP contribution in [0.25, 0.3) is 0 Å². The minimum Gasteiger partial charge on any atom is -0.484 e. The Labute approximate surface area is 178 Å². The summed E-state index contributed by atoms with van der Waals surface area (Å²) in [5.41, 5.74) is 1.41. The third-order valence-corrected chi connectivity index (χ3v) is 4.73. The number of hydrogen-bond acceptors (Lipinski definition) is 3. The lowest BCUT2D eigenvalue weighted by atomic mass is 10.0. The molecule has 0 fully saturated rings. The van der Waals surface area contributed by atoms with Crippen LogP contribution in [0, 0.1) is 12.3 Å². The van der Waals surface area contributed by atoms with Crippen molar-refractivity contribution in [3.8, 4) is 18.1 Å². The quantitative estimate of drug-likeness (QED) is 0.388. The lowest BCUT2D eigenvalue weighted by Gasteiger charge is -2.23. The largest absolute Gasteiger partial charge is 0.484 e. The fourth-order valence-electron chi connectivity index (χ4n) is 2.80. The number of hydrogen-bond donors (Lipinski definition) is 0. The van der Waals surface area contributed by atoms with Gasteiger partial charge in [-0.3, -0.25) is 14.5 Å². The number of carbonyl (C=O) groups excluding carboxylic acids is 2. The van der Waals surface area contributed by atoms with Crippen molar-refractivity contribution in [1.82, 2.24) is 0 Å². The minimum absolute atomic E-state index is 0.0294. The van der Waals surface area contributed by atoms with Gasteiger partial charge in [-0.15, -0.1) is 6.42 Å². The van der Waals surface area contributed by atoms with Gasteiger partial charge in [0, 0.05) is 15.6 Å². The van der Waals surface area contributed by atoms with Gasteiger partial charge in [-0.2, -0.15) is 0 Å². The molecule has 5 heteroatoms.